The van der Waals surface area contributed by atoms with Crippen molar-refractivity contribution in [3.63, 3.8) is 0 Å². The number of nitrogens with zero attached hydrogens (tertiary/aromatic N) is 1. The summed E-state index contributed by atoms with van der Waals surface area (Å²) in [6.45, 7) is 5.26. The number of rotatable bonds is 6. The van der Waals surface area contributed by atoms with Crippen LogP contribution in [-0.4, -0.2) is 24.0 Å². The van der Waals surface area contributed by atoms with E-state index in [2.05, 4.69) is 5.32 Å². The number of nitrogens with one attached hydrogen (secondary N) is 1. The summed E-state index contributed by atoms with van der Waals surface area (Å²) in [4.78, 5) is 23.3. The number of carbonyl (C=O) groups is 1. The van der Waals surface area contributed by atoms with Gasteiger partial charge in [-0.3, -0.25) is 14.9 Å². The predicted molar refractivity (Wildman–Crippen MR) is 118 cm³/mol. The quantitative estimate of drug-likeness (QED) is 0.424. The number of nitro benzene ring substituents is 1. The zero-order chi connectivity index (χ0) is 22.7. The largest absolute Gasteiger partial charge is 0.490 e. The molecule has 1 atom stereocenters. The fourth-order valence-corrected chi connectivity index (χ4v) is 3.58. The van der Waals surface area contributed by atoms with Crippen LogP contribution >= 0.6 is 0 Å². The van der Waals surface area contributed by atoms with Crippen LogP contribution < -0.4 is 14.8 Å². The molecule has 0 radical (unpaired) electrons. The highest BCUT2D eigenvalue weighted by Crippen LogP contribution is 2.34. The zero-order valence-corrected chi connectivity index (χ0v) is 17.9. The summed E-state index contributed by atoms with van der Waals surface area (Å²) >= 11 is 0. The van der Waals surface area contributed by atoms with E-state index in [1.54, 1.807) is 24.3 Å². The molecule has 2 aromatic carbocycles. The first-order valence-corrected chi connectivity index (χ1v) is 10.5. The SMILES string of the molecule is CC(C)[C@@H](NC(=O)c1ccc(-c2ccc([N+](=O)[O-])cc2)o1)c1ccc2c(c1)OCCCO2. The predicted octanol–water partition coefficient (Wildman–Crippen LogP) is 5.14. The lowest BCUT2D eigenvalue weighted by Gasteiger charge is -2.23. The van der Waals surface area contributed by atoms with Crippen molar-refractivity contribution < 1.29 is 23.6 Å². The highest BCUT2D eigenvalue weighted by molar-refractivity contribution is 5.92. The molecule has 1 aromatic heterocycles. The van der Waals surface area contributed by atoms with Gasteiger partial charge in [0.05, 0.1) is 24.2 Å². The molecule has 4 rings (SSSR count). The molecule has 0 saturated heterocycles. The number of carbonyl (C=O) groups excluding carboxylic acids is 1. The summed E-state index contributed by atoms with van der Waals surface area (Å²) in [6, 6.07) is 14.7. The van der Waals surface area contributed by atoms with Crippen molar-refractivity contribution in [3.8, 4) is 22.8 Å². The van der Waals surface area contributed by atoms with Gasteiger partial charge in [0.15, 0.2) is 17.3 Å². The number of fused-ring (bicyclic) bond motifs is 1. The van der Waals surface area contributed by atoms with Crippen molar-refractivity contribution in [3.05, 3.63) is 76.0 Å². The lowest BCUT2D eigenvalue weighted by Crippen LogP contribution is -2.31. The molecule has 0 bridgehead atoms. The van der Waals surface area contributed by atoms with Crippen LogP contribution in [0, 0.1) is 16.0 Å². The van der Waals surface area contributed by atoms with Crippen LogP contribution in [0.2, 0.25) is 0 Å². The Hall–Kier alpha value is -3.81. The minimum atomic E-state index is -0.462. The molecule has 32 heavy (non-hydrogen) atoms. The Morgan fingerprint density at radius 1 is 1.00 bits per heavy atom. The van der Waals surface area contributed by atoms with E-state index >= 15 is 0 Å². The highest BCUT2D eigenvalue weighted by Gasteiger charge is 2.23. The fraction of sp³-hybridized carbons (Fsp3) is 0.292. The van der Waals surface area contributed by atoms with Crippen molar-refractivity contribution in [1.29, 1.82) is 0 Å². The molecule has 0 aliphatic carbocycles. The van der Waals surface area contributed by atoms with E-state index in [-0.39, 0.29) is 29.3 Å². The Kier molecular flexibility index (Phi) is 6.11. The van der Waals surface area contributed by atoms with Crippen LogP contribution in [0.1, 0.15) is 42.4 Å². The number of amides is 1. The number of benzene rings is 2. The number of furan rings is 1. The molecule has 1 amide bonds. The minimum Gasteiger partial charge on any atom is -0.490 e. The smallest absolute Gasteiger partial charge is 0.287 e. The second-order valence-corrected chi connectivity index (χ2v) is 7.92. The summed E-state index contributed by atoms with van der Waals surface area (Å²) in [5, 5.41) is 13.9. The molecule has 0 spiro atoms. The van der Waals surface area contributed by atoms with E-state index in [1.807, 2.05) is 32.0 Å². The summed E-state index contributed by atoms with van der Waals surface area (Å²) < 4.78 is 17.2. The Morgan fingerprint density at radius 3 is 2.41 bits per heavy atom. The topological polar surface area (TPSA) is 104 Å². The van der Waals surface area contributed by atoms with Gasteiger partial charge in [-0.05, 0) is 47.9 Å². The molecular weight excluding hydrogens is 412 g/mol. The molecule has 3 aromatic rings. The Bertz CT molecular complexity index is 1120. The van der Waals surface area contributed by atoms with E-state index in [1.165, 1.54) is 12.1 Å². The van der Waals surface area contributed by atoms with Crippen LogP contribution in [-0.2, 0) is 0 Å². The molecule has 8 nitrogen and oxygen atoms in total. The highest BCUT2D eigenvalue weighted by atomic mass is 16.6. The van der Waals surface area contributed by atoms with E-state index < -0.39 is 4.92 Å². The molecule has 0 saturated carbocycles. The van der Waals surface area contributed by atoms with E-state index in [9.17, 15) is 14.9 Å². The van der Waals surface area contributed by atoms with Crippen molar-refractivity contribution >= 4 is 11.6 Å². The van der Waals surface area contributed by atoms with Gasteiger partial charge < -0.3 is 19.2 Å². The van der Waals surface area contributed by atoms with E-state index in [4.69, 9.17) is 13.9 Å². The van der Waals surface area contributed by atoms with Crippen molar-refractivity contribution in [2.75, 3.05) is 13.2 Å². The molecule has 0 unspecified atom stereocenters. The number of ether oxygens (including phenoxy) is 2. The molecular formula is C24H24N2O6. The zero-order valence-electron chi connectivity index (χ0n) is 17.9. The lowest BCUT2D eigenvalue weighted by atomic mass is 9.95. The first kappa shape index (κ1) is 21.4. The fourth-order valence-electron chi connectivity index (χ4n) is 3.58. The van der Waals surface area contributed by atoms with Gasteiger partial charge in [-0.1, -0.05) is 19.9 Å². The van der Waals surface area contributed by atoms with E-state index in [0.29, 0.717) is 36.0 Å². The van der Waals surface area contributed by atoms with Crippen molar-refractivity contribution in [2.24, 2.45) is 5.92 Å². The molecule has 1 N–H and O–H groups in total. The third kappa shape index (κ3) is 4.59. The lowest BCUT2D eigenvalue weighted by molar-refractivity contribution is -0.384. The first-order valence-electron chi connectivity index (χ1n) is 10.5. The standard InChI is InChI=1S/C24H24N2O6/c1-15(2)23(17-6-9-20-22(14-17)31-13-3-12-30-20)25-24(27)21-11-10-19(32-21)16-4-7-18(8-5-16)26(28)29/h4-11,14-15,23H,3,12-13H2,1-2H3,(H,25,27)/t23-/m1/s1. The molecule has 166 valence electrons. The van der Waals surface area contributed by atoms with Crippen LogP contribution in [0.3, 0.4) is 0 Å². The summed E-state index contributed by atoms with van der Waals surface area (Å²) in [6.07, 6.45) is 0.823. The van der Waals surface area contributed by atoms with Gasteiger partial charge in [0.2, 0.25) is 0 Å². The monoisotopic (exact) mass is 436 g/mol. The molecule has 1 aliphatic heterocycles. The molecule has 1 aliphatic rings. The molecule has 8 heteroatoms. The van der Waals surface area contributed by atoms with Crippen LogP contribution in [0.15, 0.2) is 59.0 Å². The van der Waals surface area contributed by atoms with Crippen molar-refractivity contribution in [2.45, 2.75) is 26.3 Å². The molecule has 2 heterocycles. The third-order valence-corrected chi connectivity index (χ3v) is 5.28. The maximum Gasteiger partial charge on any atom is 0.287 e. The summed E-state index contributed by atoms with van der Waals surface area (Å²) in [5.41, 5.74) is 1.56. The van der Waals surface area contributed by atoms with Gasteiger partial charge in [0, 0.05) is 24.1 Å². The van der Waals surface area contributed by atoms with Gasteiger partial charge in [-0.2, -0.15) is 0 Å². The van der Waals surface area contributed by atoms with Gasteiger partial charge in [0.25, 0.3) is 11.6 Å². The number of non-ortho nitro benzene ring substituents is 1. The van der Waals surface area contributed by atoms with Gasteiger partial charge in [-0.25, -0.2) is 0 Å². The van der Waals surface area contributed by atoms with Crippen LogP contribution in [0.25, 0.3) is 11.3 Å². The molecule has 0 fully saturated rings. The van der Waals surface area contributed by atoms with Crippen molar-refractivity contribution in [1.82, 2.24) is 5.32 Å². The second kappa shape index (κ2) is 9.13. The minimum absolute atomic E-state index is 0.00631. The Morgan fingerprint density at radius 2 is 1.72 bits per heavy atom. The van der Waals surface area contributed by atoms with Crippen LogP contribution in [0.4, 0.5) is 5.69 Å². The van der Waals surface area contributed by atoms with Gasteiger partial charge in [-0.15, -0.1) is 0 Å². The second-order valence-electron chi connectivity index (χ2n) is 7.92. The van der Waals surface area contributed by atoms with Gasteiger partial charge >= 0.3 is 0 Å². The average molecular weight is 436 g/mol. The maximum atomic E-state index is 12.9. The Labute approximate surface area is 185 Å². The van der Waals surface area contributed by atoms with Crippen LogP contribution in [0.5, 0.6) is 11.5 Å². The maximum absolute atomic E-state index is 12.9. The third-order valence-electron chi connectivity index (χ3n) is 5.28. The number of hydrogen-bond donors (Lipinski definition) is 1. The Balaban J connectivity index is 1.52. The number of hydrogen-bond acceptors (Lipinski definition) is 6. The first-order chi connectivity index (χ1) is 15.4. The summed E-state index contributed by atoms with van der Waals surface area (Å²) in [7, 11) is 0. The average Bonchev–Trinajstić information content (AvgIpc) is 3.16. The van der Waals surface area contributed by atoms with E-state index in [0.717, 1.165) is 12.0 Å². The summed E-state index contributed by atoms with van der Waals surface area (Å²) in [5.74, 6) is 1.79. The number of nitro groups is 1. The van der Waals surface area contributed by atoms with Gasteiger partial charge in [0.1, 0.15) is 5.76 Å². The normalized spacial score (nSPS) is 14.0.